The van der Waals surface area contributed by atoms with Gasteiger partial charge in [0.1, 0.15) is 17.0 Å². The van der Waals surface area contributed by atoms with Crippen LogP contribution in [0.25, 0.3) is 10.9 Å². The number of phenols is 1. The van der Waals surface area contributed by atoms with Crippen molar-refractivity contribution in [1.82, 2.24) is 4.98 Å². The van der Waals surface area contributed by atoms with Crippen LogP contribution in [-0.2, 0) is 4.79 Å². The van der Waals surface area contributed by atoms with Crippen molar-refractivity contribution in [3.05, 3.63) is 76.0 Å². The molecular weight excluding hydrogens is 356 g/mol. The van der Waals surface area contributed by atoms with Gasteiger partial charge in [-0.05, 0) is 18.1 Å². The summed E-state index contributed by atoms with van der Waals surface area (Å²) in [6.45, 7) is 2.02. The molecule has 28 heavy (non-hydrogen) atoms. The zero-order valence-electron chi connectivity index (χ0n) is 15.7. The van der Waals surface area contributed by atoms with Crippen LogP contribution < -0.4 is 0 Å². The molecule has 6 nitrogen and oxygen atoms in total. The number of benzene rings is 2. The molecular formula is C22H22N2O4. The van der Waals surface area contributed by atoms with E-state index in [0.717, 1.165) is 18.2 Å². The summed E-state index contributed by atoms with van der Waals surface area (Å²) in [7, 11) is 0. The number of Topliss-reactive ketones (excluding diaryl/α,β-unsaturated/α-hetero) is 1. The van der Waals surface area contributed by atoms with E-state index in [1.54, 1.807) is 30.5 Å². The van der Waals surface area contributed by atoms with Crippen LogP contribution in [0.1, 0.15) is 49.7 Å². The highest BCUT2D eigenvalue weighted by Crippen LogP contribution is 2.38. The van der Waals surface area contributed by atoms with Gasteiger partial charge in [-0.2, -0.15) is 0 Å². The Bertz CT molecular complexity index is 1020. The molecule has 1 atom stereocenters. The molecule has 144 valence electrons. The molecule has 0 spiro atoms. The SMILES string of the molecule is CCCCC(=O)CC(c1cccc([N+](=O)[O-])c1)c1ccc2cccnc2c1O. The van der Waals surface area contributed by atoms with E-state index in [9.17, 15) is 20.0 Å². The van der Waals surface area contributed by atoms with E-state index in [1.165, 1.54) is 12.1 Å². The first-order valence-corrected chi connectivity index (χ1v) is 9.34. The van der Waals surface area contributed by atoms with Crippen molar-refractivity contribution >= 4 is 22.4 Å². The molecule has 1 aromatic heterocycles. The molecule has 1 N–H and O–H groups in total. The van der Waals surface area contributed by atoms with Crippen molar-refractivity contribution in [3.63, 3.8) is 0 Å². The van der Waals surface area contributed by atoms with Gasteiger partial charge in [-0.3, -0.25) is 19.9 Å². The average molecular weight is 378 g/mol. The molecule has 0 aliphatic carbocycles. The van der Waals surface area contributed by atoms with E-state index >= 15 is 0 Å². The van der Waals surface area contributed by atoms with Gasteiger partial charge in [-0.1, -0.05) is 43.7 Å². The van der Waals surface area contributed by atoms with Gasteiger partial charge < -0.3 is 5.11 Å². The summed E-state index contributed by atoms with van der Waals surface area (Å²) in [6.07, 6.45) is 3.94. The number of nitro groups is 1. The quantitative estimate of drug-likeness (QED) is 0.433. The van der Waals surface area contributed by atoms with Gasteiger partial charge in [0.15, 0.2) is 0 Å². The number of pyridine rings is 1. The second-order valence-electron chi connectivity index (χ2n) is 6.83. The number of fused-ring (bicyclic) bond motifs is 1. The second-order valence-corrected chi connectivity index (χ2v) is 6.83. The monoisotopic (exact) mass is 378 g/mol. The van der Waals surface area contributed by atoms with Gasteiger partial charge in [0.05, 0.1) is 4.92 Å². The Morgan fingerprint density at radius 3 is 2.79 bits per heavy atom. The van der Waals surface area contributed by atoms with Crippen molar-refractivity contribution in [1.29, 1.82) is 0 Å². The maximum Gasteiger partial charge on any atom is 0.269 e. The summed E-state index contributed by atoms with van der Waals surface area (Å²) in [4.78, 5) is 27.5. The van der Waals surface area contributed by atoms with E-state index < -0.39 is 10.8 Å². The fourth-order valence-corrected chi connectivity index (χ4v) is 3.39. The maximum absolute atomic E-state index is 12.5. The first-order chi connectivity index (χ1) is 13.5. The third-order valence-electron chi connectivity index (χ3n) is 4.88. The molecule has 1 unspecified atom stereocenters. The lowest BCUT2D eigenvalue weighted by Gasteiger charge is -2.19. The minimum absolute atomic E-state index is 0.0119. The Kier molecular flexibility index (Phi) is 5.99. The zero-order valence-corrected chi connectivity index (χ0v) is 15.7. The van der Waals surface area contributed by atoms with Crippen LogP contribution in [0.4, 0.5) is 5.69 Å². The summed E-state index contributed by atoms with van der Waals surface area (Å²) in [5, 5.41) is 22.8. The van der Waals surface area contributed by atoms with Crippen molar-refractivity contribution in [2.24, 2.45) is 0 Å². The fraction of sp³-hybridized carbons (Fsp3) is 0.273. The zero-order chi connectivity index (χ0) is 20.1. The Balaban J connectivity index is 2.08. The highest BCUT2D eigenvalue weighted by Gasteiger charge is 2.24. The predicted octanol–water partition coefficient (Wildman–Crippen LogP) is 5.13. The van der Waals surface area contributed by atoms with Crippen LogP contribution in [-0.4, -0.2) is 20.8 Å². The molecule has 0 aliphatic rings. The largest absolute Gasteiger partial charge is 0.505 e. The highest BCUT2D eigenvalue weighted by molar-refractivity contribution is 5.86. The van der Waals surface area contributed by atoms with Crippen molar-refractivity contribution < 1.29 is 14.8 Å². The van der Waals surface area contributed by atoms with Crippen LogP contribution in [0.2, 0.25) is 0 Å². The Labute approximate surface area is 163 Å². The molecule has 3 rings (SSSR count). The van der Waals surface area contributed by atoms with Crippen molar-refractivity contribution in [2.45, 2.75) is 38.5 Å². The molecule has 1 heterocycles. The fourth-order valence-electron chi connectivity index (χ4n) is 3.39. The standard InChI is InChI=1S/C22H22N2O4/c1-2-3-9-18(25)14-20(16-6-4-8-17(13-16)24(27)28)19-11-10-15-7-5-12-23-21(15)22(19)26/h4-8,10-13,20,26H,2-3,9,14H2,1H3. The van der Waals surface area contributed by atoms with E-state index in [1.807, 2.05) is 19.1 Å². The number of hydrogen-bond donors (Lipinski definition) is 1. The Morgan fingerprint density at radius 1 is 1.21 bits per heavy atom. The lowest BCUT2D eigenvalue weighted by molar-refractivity contribution is -0.384. The first kappa shape index (κ1) is 19.5. The molecule has 0 amide bonds. The van der Waals surface area contributed by atoms with Crippen LogP contribution in [0.15, 0.2) is 54.7 Å². The van der Waals surface area contributed by atoms with E-state index in [2.05, 4.69) is 4.98 Å². The van der Waals surface area contributed by atoms with Crippen molar-refractivity contribution in [2.75, 3.05) is 0 Å². The van der Waals surface area contributed by atoms with E-state index in [4.69, 9.17) is 0 Å². The van der Waals surface area contributed by atoms with Crippen molar-refractivity contribution in [3.8, 4) is 5.75 Å². The summed E-state index contributed by atoms with van der Waals surface area (Å²) in [5.74, 6) is -0.396. The minimum Gasteiger partial charge on any atom is -0.505 e. The number of nitrogens with zero attached hydrogens (tertiary/aromatic N) is 2. The number of rotatable bonds is 8. The van der Waals surface area contributed by atoms with Crippen LogP contribution >= 0.6 is 0 Å². The van der Waals surface area contributed by atoms with Gasteiger partial charge in [0.2, 0.25) is 0 Å². The molecule has 0 saturated heterocycles. The van der Waals surface area contributed by atoms with Crippen LogP contribution in [0.5, 0.6) is 5.75 Å². The van der Waals surface area contributed by atoms with Gasteiger partial charge in [0.25, 0.3) is 5.69 Å². The summed E-state index contributed by atoms with van der Waals surface area (Å²) >= 11 is 0. The summed E-state index contributed by atoms with van der Waals surface area (Å²) < 4.78 is 0. The number of carbonyl (C=O) groups is 1. The Hall–Kier alpha value is -3.28. The topological polar surface area (TPSA) is 93.3 Å². The van der Waals surface area contributed by atoms with E-state index in [0.29, 0.717) is 23.1 Å². The number of ketones is 1. The molecule has 2 aromatic carbocycles. The normalized spacial score (nSPS) is 12.0. The number of nitro benzene ring substituents is 1. The van der Waals surface area contributed by atoms with Gasteiger partial charge >= 0.3 is 0 Å². The average Bonchev–Trinajstić information content (AvgIpc) is 2.71. The molecule has 6 heteroatoms. The number of non-ortho nitro benzene ring substituents is 1. The summed E-state index contributed by atoms with van der Waals surface area (Å²) in [5.41, 5.74) is 1.60. The lowest BCUT2D eigenvalue weighted by Crippen LogP contribution is -2.10. The Morgan fingerprint density at radius 2 is 2.04 bits per heavy atom. The maximum atomic E-state index is 12.5. The molecule has 0 radical (unpaired) electrons. The molecule has 0 saturated carbocycles. The number of phenolic OH excluding ortho intramolecular Hbond substituents is 1. The first-order valence-electron chi connectivity index (χ1n) is 9.34. The summed E-state index contributed by atoms with van der Waals surface area (Å²) in [6, 6.07) is 13.5. The number of aromatic nitrogens is 1. The predicted molar refractivity (Wildman–Crippen MR) is 107 cm³/mol. The number of carbonyl (C=O) groups excluding carboxylic acids is 1. The lowest BCUT2D eigenvalue weighted by atomic mass is 9.85. The minimum atomic E-state index is -0.476. The number of aromatic hydroxyl groups is 1. The smallest absolute Gasteiger partial charge is 0.269 e. The van der Waals surface area contributed by atoms with Crippen LogP contribution in [0.3, 0.4) is 0 Å². The third kappa shape index (κ3) is 4.17. The molecule has 0 aliphatic heterocycles. The van der Waals surface area contributed by atoms with Crippen LogP contribution in [0, 0.1) is 10.1 Å². The van der Waals surface area contributed by atoms with Gasteiger partial charge in [0, 0.05) is 48.0 Å². The third-order valence-corrected chi connectivity index (χ3v) is 4.88. The van der Waals surface area contributed by atoms with Gasteiger partial charge in [-0.25, -0.2) is 0 Å². The van der Waals surface area contributed by atoms with E-state index in [-0.39, 0.29) is 23.6 Å². The van der Waals surface area contributed by atoms with Gasteiger partial charge in [-0.15, -0.1) is 0 Å². The molecule has 0 fully saturated rings. The second kappa shape index (κ2) is 8.61. The number of hydrogen-bond acceptors (Lipinski definition) is 5. The molecule has 0 bridgehead atoms. The highest BCUT2D eigenvalue weighted by atomic mass is 16.6. The molecule has 3 aromatic rings. The number of unbranched alkanes of at least 4 members (excludes halogenated alkanes) is 1.